The first-order valence-electron chi connectivity index (χ1n) is 8.23. The third-order valence-electron chi connectivity index (χ3n) is 3.74. The van der Waals surface area contributed by atoms with Crippen molar-refractivity contribution >= 4 is 45.0 Å². The van der Waals surface area contributed by atoms with E-state index in [9.17, 15) is 14.4 Å². The molecule has 0 atom stereocenters. The summed E-state index contributed by atoms with van der Waals surface area (Å²) in [5, 5.41) is 12.9. The Kier molecular flexibility index (Phi) is 5.99. The van der Waals surface area contributed by atoms with Gasteiger partial charge in [0.05, 0.1) is 17.8 Å². The molecule has 10 heteroatoms. The molecule has 28 heavy (non-hydrogen) atoms. The van der Waals surface area contributed by atoms with Gasteiger partial charge in [-0.25, -0.2) is 4.79 Å². The third-order valence-corrected chi connectivity index (χ3v) is 4.43. The number of pyridine rings is 1. The summed E-state index contributed by atoms with van der Waals surface area (Å²) >= 11 is 3.32. The topological polar surface area (TPSA) is 115 Å². The Bertz CT molecular complexity index is 1050. The predicted molar refractivity (Wildman–Crippen MR) is 104 cm³/mol. The molecule has 2 amide bonds. The van der Waals surface area contributed by atoms with Gasteiger partial charge in [0.15, 0.2) is 12.3 Å². The number of nitrogens with one attached hydrogen (secondary N) is 2. The molecule has 9 nitrogen and oxygen atoms in total. The first-order chi connectivity index (χ1) is 13.4. The van der Waals surface area contributed by atoms with E-state index < -0.39 is 24.4 Å². The first-order valence-corrected chi connectivity index (χ1v) is 9.03. The molecule has 0 saturated carbocycles. The van der Waals surface area contributed by atoms with Crippen LogP contribution in [-0.2, 0) is 14.3 Å². The van der Waals surface area contributed by atoms with E-state index in [0.29, 0.717) is 17.2 Å². The second-order valence-corrected chi connectivity index (χ2v) is 6.63. The van der Waals surface area contributed by atoms with Gasteiger partial charge in [0.1, 0.15) is 5.82 Å². The van der Waals surface area contributed by atoms with E-state index in [1.807, 2.05) is 6.07 Å². The number of amides is 2. The Morgan fingerprint density at radius 1 is 1.11 bits per heavy atom. The number of benzene rings is 1. The summed E-state index contributed by atoms with van der Waals surface area (Å²) in [4.78, 5) is 35.8. The van der Waals surface area contributed by atoms with Gasteiger partial charge in [-0.2, -0.15) is 0 Å². The van der Waals surface area contributed by atoms with Crippen LogP contribution in [0.25, 0.3) is 5.65 Å². The fourth-order valence-corrected chi connectivity index (χ4v) is 2.71. The lowest BCUT2D eigenvalue weighted by molar-refractivity contribution is -0.126. The average Bonchev–Trinajstić information content (AvgIpc) is 3.06. The van der Waals surface area contributed by atoms with Crippen molar-refractivity contribution in [3.05, 3.63) is 58.5 Å². The second kappa shape index (κ2) is 8.61. The van der Waals surface area contributed by atoms with E-state index in [-0.39, 0.29) is 12.1 Å². The zero-order chi connectivity index (χ0) is 20.1. The fraction of sp³-hybridized carbons (Fsp3) is 0.167. The maximum absolute atomic E-state index is 12.1. The molecule has 0 unspecified atom stereocenters. The van der Waals surface area contributed by atoms with Crippen molar-refractivity contribution in [3.63, 3.8) is 0 Å². The van der Waals surface area contributed by atoms with Crippen LogP contribution in [0.1, 0.15) is 16.2 Å². The summed E-state index contributed by atoms with van der Waals surface area (Å²) in [6, 6.07) is 10.3. The number of ether oxygens (including phenoxy) is 1. The van der Waals surface area contributed by atoms with E-state index in [0.717, 1.165) is 4.47 Å². The molecule has 0 aliphatic heterocycles. The van der Waals surface area contributed by atoms with Crippen molar-refractivity contribution in [2.45, 2.75) is 6.92 Å². The molecule has 1 aromatic carbocycles. The highest BCUT2D eigenvalue weighted by molar-refractivity contribution is 9.10. The quantitative estimate of drug-likeness (QED) is 0.558. The molecule has 0 radical (unpaired) electrons. The summed E-state index contributed by atoms with van der Waals surface area (Å²) in [7, 11) is 0. The number of fused-ring (bicyclic) bond motifs is 1. The van der Waals surface area contributed by atoms with Gasteiger partial charge in [0.2, 0.25) is 5.91 Å². The normalized spacial score (nSPS) is 10.5. The number of aromatic nitrogens is 3. The first kappa shape index (κ1) is 19.5. The molecule has 0 aliphatic rings. The standard InChI is InChI=1S/C18H16BrN5O4/c1-11-22-23-15-7-6-12(9-24(11)15)18(27)28-10-17(26)20-8-16(25)21-14-5-3-2-4-13(14)19/h2-7,9H,8,10H2,1H3,(H,20,26)(H,21,25). The number of rotatable bonds is 6. The highest BCUT2D eigenvalue weighted by Gasteiger charge is 2.13. The number of nitrogens with zero attached hydrogens (tertiary/aromatic N) is 3. The number of hydrogen-bond acceptors (Lipinski definition) is 6. The van der Waals surface area contributed by atoms with E-state index in [4.69, 9.17) is 4.74 Å². The van der Waals surface area contributed by atoms with Crippen LogP contribution in [0.5, 0.6) is 0 Å². The van der Waals surface area contributed by atoms with Gasteiger partial charge in [-0.15, -0.1) is 10.2 Å². The number of carbonyl (C=O) groups is 3. The molecule has 0 fully saturated rings. The van der Waals surface area contributed by atoms with Crippen molar-refractivity contribution < 1.29 is 19.1 Å². The van der Waals surface area contributed by atoms with E-state index in [1.165, 1.54) is 12.3 Å². The number of esters is 1. The smallest absolute Gasteiger partial charge is 0.340 e. The molecule has 0 aliphatic carbocycles. The molecular formula is C18H16BrN5O4. The molecule has 0 bridgehead atoms. The van der Waals surface area contributed by atoms with Gasteiger partial charge in [0, 0.05) is 10.7 Å². The highest BCUT2D eigenvalue weighted by atomic mass is 79.9. The summed E-state index contributed by atoms with van der Waals surface area (Å²) < 4.78 is 7.35. The number of aryl methyl sites for hydroxylation is 1. The maximum Gasteiger partial charge on any atom is 0.340 e. The third kappa shape index (κ3) is 4.71. The lowest BCUT2D eigenvalue weighted by atomic mass is 10.3. The van der Waals surface area contributed by atoms with Crippen LogP contribution in [0, 0.1) is 6.92 Å². The Morgan fingerprint density at radius 3 is 2.68 bits per heavy atom. The molecule has 3 aromatic rings. The summed E-state index contributed by atoms with van der Waals surface area (Å²) in [6.45, 7) is 1.01. The second-order valence-electron chi connectivity index (χ2n) is 5.77. The van der Waals surface area contributed by atoms with Crippen molar-refractivity contribution in [3.8, 4) is 0 Å². The van der Waals surface area contributed by atoms with E-state index in [1.54, 1.807) is 35.6 Å². The van der Waals surface area contributed by atoms with Crippen LogP contribution in [0.15, 0.2) is 47.1 Å². The van der Waals surface area contributed by atoms with Crippen molar-refractivity contribution in [2.75, 3.05) is 18.5 Å². The SMILES string of the molecule is Cc1nnc2ccc(C(=O)OCC(=O)NCC(=O)Nc3ccccc3Br)cn12. The predicted octanol–water partition coefficient (Wildman–Crippen LogP) is 1.71. The minimum atomic E-state index is -0.664. The summed E-state index contributed by atoms with van der Waals surface area (Å²) in [5.74, 6) is -1.03. The lowest BCUT2D eigenvalue weighted by Crippen LogP contribution is -2.35. The fourth-order valence-electron chi connectivity index (χ4n) is 2.33. The molecule has 3 rings (SSSR count). The van der Waals surface area contributed by atoms with Gasteiger partial charge in [0.25, 0.3) is 5.91 Å². The molecular weight excluding hydrogens is 430 g/mol. The van der Waals surface area contributed by atoms with Gasteiger partial charge in [-0.05, 0) is 47.1 Å². The largest absolute Gasteiger partial charge is 0.452 e. The van der Waals surface area contributed by atoms with Gasteiger partial charge >= 0.3 is 5.97 Å². The zero-order valence-corrected chi connectivity index (χ0v) is 16.4. The number of para-hydroxylation sites is 1. The molecule has 2 N–H and O–H groups in total. The number of halogens is 1. The van der Waals surface area contributed by atoms with Crippen LogP contribution in [0.3, 0.4) is 0 Å². The van der Waals surface area contributed by atoms with Crippen LogP contribution in [-0.4, -0.2) is 45.5 Å². The van der Waals surface area contributed by atoms with Gasteiger partial charge in [-0.3, -0.25) is 14.0 Å². The van der Waals surface area contributed by atoms with Crippen molar-refractivity contribution in [2.24, 2.45) is 0 Å². The highest BCUT2D eigenvalue weighted by Crippen LogP contribution is 2.20. The van der Waals surface area contributed by atoms with Crippen LogP contribution in [0.2, 0.25) is 0 Å². The van der Waals surface area contributed by atoms with Crippen molar-refractivity contribution in [1.29, 1.82) is 0 Å². The van der Waals surface area contributed by atoms with E-state index >= 15 is 0 Å². The minimum absolute atomic E-state index is 0.246. The number of carbonyl (C=O) groups excluding carboxylic acids is 3. The van der Waals surface area contributed by atoms with E-state index in [2.05, 4.69) is 36.8 Å². The molecule has 0 spiro atoms. The summed E-state index contributed by atoms with van der Waals surface area (Å²) in [5.41, 5.74) is 1.45. The molecule has 2 aromatic heterocycles. The molecule has 0 saturated heterocycles. The van der Waals surface area contributed by atoms with Gasteiger partial charge in [-0.1, -0.05) is 12.1 Å². The minimum Gasteiger partial charge on any atom is -0.452 e. The molecule has 144 valence electrons. The Balaban J connectivity index is 1.46. The van der Waals surface area contributed by atoms with Crippen molar-refractivity contribution in [1.82, 2.24) is 19.9 Å². The van der Waals surface area contributed by atoms with Crippen LogP contribution < -0.4 is 10.6 Å². The monoisotopic (exact) mass is 445 g/mol. The van der Waals surface area contributed by atoms with Crippen LogP contribution in [0.4, 0.5) is 5.69 Å². The summed E-state index contributed by atoms with van der Waals surface area (Å²) in [6.07, 6.45) is 1.54. The zero-order valence-electron chi connectivity index (χ0n) is 14.8. The molecule has 2 heterocycles. The van der Waals surface area contributed by atoms with Crippen LogP contribution >= 0.6 is 15.9 Å². The lowest BCUT2D eigenvalue weighted by Gasteiger charge is -2.09. The number of anilines is 1. The number of hydrogen-bond donors (Lipinski definition) is 2. The Hall–Kier alpha value is -3.27. The Labute approximate surface area is 168 Å². The maximum atomic E-state index is 12.1. The average molecular weight is 446 g/mol. The Morgan fingerprint density at radius 2 is 1.89 bits per heavy atom. The van der Waals surface area contributed by atoms with Gasteiger partial charge < -0.3 is 15.4 Å².